The molecule has 0 spiro atoms. The normalized spacial score (nSPS) is 17.9. The molecule has 86 valence electrons. The second kappa shape index (κ2) is 5.86. The monoisotopic (exact) mass is 215 g/mol. The quantitative estimate of drug-likeness (QED) is 0.756. The molecule has 0 radical (unpaired) electrons. The average Bonchev–Trinajstić information content (AvgIpc) is 2.38. The van der Waals surface area contributed by atoms with E-state index in [1.807, 2.05) is 0 Å². The van der Waals surface area contributed by atoms with Crippen molar-refractivity contribution < 1.29 is 0 Å². The Morgan fingerprint density at radius 3 is 2.69 bits per heavy atom. The molecule has 0 fully saturated rings. The van der Waals surface area contributed by atoms with E-state index in [0.29, 0.717) is 6.04 Å². The van der Waals surface area contributed by atoms with E-state index in [2.05, 4.69) is 48.6 Å². The van der Waals surface area contributed by atoms with Gasteiger partial charge in [-0.15, -0.1) is 0 Å². The predicted molar refractivity (Wildman–Crippen MR) is 69.3 cm³/mol. The molecular weight excluding hydrogens is 194 g/mol. The van der Waals surface area contributed by atoms with Gasteiger partial charge in [0.2, 0.25) is 0 Å². The SMILES string of the molecule is CC(NCc1ccccc1)C1=CCCCC1. The molecule has 0 amide bonds. The molecule has 1 N–H and O–H groups in total. The molecule has 0 aromatic heterocycles. The van der Waals surface area contributed by atoms with Crippen LogP contribution >= 0.6 is 0 Å². The van der Waals surface area contributed by atoms with Gasteiger partial charge >= 0.3 is 0 Å². The molecule has 1 aliphatic rings. The van der Waals surface area contributed by atoms with Gasteiger partial charge in [0, 0.05) is 12.6 Å². The van der Waals surface area contributed by atoms with Crippen LogP contribution in [0.1, 0.15) is 38.2 Å². The van der Waals surface area contributed by atoms with Crippen LogP contribution in [0.25, 0.3) is 0 Å². The number of nitrogens with one attached hydrogen (secondary N) is 1. The molecule has 0 aliphatic heterocycles. The van der Waals surface area contributed by atoms with Gasteiger partial charge in [0.25, 0.3) is 0 Å². The molecule has 2 rings (SSSR count). The van der Waals surface area contributed by atoms with E-state index in [9.17, 15) is 0 Å². The summed E-state index contributed by atoms with van der Waals surface area (Å²) in [5, 5.41) is 3.60. The van der Waals surface area contributed by atoms with Crippen molar-refractivity contribution in [2.24, 2.45) is 0 Å². The lowest BCUT2D eigenvalue weighted by molar-refractivity contribution is 0.559. The molecule has 1 aliphatic carbocycles. The van der Waals surface area contributed by atoms with Gasteiger partial charge in [0.15, 0.2) is 0 Å². The number of rotatable bonds is 4. The third-order valence-electron chi connectivity index (χ3n) is 3.34. The van der Waals surface area contributed by atoms with Crippen molar-refractivity contribution in [2.75, 3.05) is 0 Å². The Labute approximate surface area is 98.6 Å². The fourth-order valence-electron chi connectivity index (χ4n) is 2.25. The Morgan fingerprint density at radius 1 is 1.19 bits per heavy atom. The lowest BCUT2D eigenvalue weighted by Crippen LogP contribution is -2.28. The molecule has 16 heavy (non-hydrogen) atoms. The maximum atomic E-state index is 3.60. The van der Waals surface area contributed by atoms with Crippen molar-refractivity contribution in [1.29, 1.82) is 0 Å². The summed E-state index contributed by atoms with van der Waals surface area (Å²) in [6, 6.07) is 11.1. The number of hydrogen-bond donors (Lipinski definition) is 1. The Hall–Kier alpha value is -1.08. The number of hydrogen-bond acceptors (Lipinski definition) is 1. The fraction of sp³-hybridized carbons (Fsp3) is 0.467. The van der Waals surface area contributed by atoms with E-state index in [0.717, 1.165) is 6.54 Å². The van der Waals surface area contributed by atoms with Crippen molar-refractivity contribution >= 4 is 0 Å². The minimum absolute atomic E-state index is 0.528. The first kappa shape index (κ1) is 11.4. The summed E-state index contributed by atoms with van der Waals surface area (Å²) in [7, 11) is 0. The van der Waals surface area contributed by atoms with Gasteiger partial charge in [-0.05, 0) is 38.2 Å². The number of benzene rings is 1. The molecule has 1 atom stereocenters. The third-order valence-corrected chi connectivity index (χ3v) is 3.34. The zero-order chi connectivity index (χ0) is 11.2. The van der Waals surface area contributed by atoms with Crippen LogP contribution in [0.5, 0.6) is 0 Å². The summed E-state index contributed by atoms with van der Waals surface area (Å²) in [6.45, 7) is 3.25. The molecule has 0 heterocycles. The van der Waals surface area contributed by atoms with Crippen molar-refractivity contribution in [1.82, 2.24) is 5.32 Å². The second-order valence-corrected chi connectivity index (χ2v) is 4.61. The summed E-state index contributed by atoms with van der Waals surface area (Å²) in [6.07, 6.45) is 7.71. The topological polar surface area (TPSA) is 12.0 Å². The molecule has 1 aromatic carbocycles. The van der Waals surface area contributed by atoms with Crippen LogP contribution in [0.3, 0.4) is 0 Å². The van der Waals surface area contributed by atoms with Crippen molar-refractivity contribution in [3.8, 4) is 0 Å². The lowest BCUT2D eigenvalue weighted by atomic mass is 9.94. The fourth-order valence-corrected chi connectivity index (χ4v) is 2.25. The zero-order valence-electron chi connectivity index (χ0n) is 10.1. The van der Waals surface area contributed by atoms with Crippen molar-refractivity contribution in [3.05, 3.63) is 47.5 Å². The molecule has 0 saturated carbocycles. The molecule has 1 nitrogen and oxygen atoms in total. The smallest absolute Gasteiger partial charge is 0.0254 e. The van der Waals surface area contributed by atoms with Crippen LogP contribution < -0.4 is 5.32 Å². The Balaban J connectivity index is 1.83. The van der Waals surface area contributed by atoms with Gasteiger partial charge in [-0.25, -0.2) is 0 Å². The Bertz CT molecular complexity index is 340. The highest BCUT2D eigenvalue weighted by Crippen LogP contribution is 2.20. The van der Waals surface area contributed by atoms with Crippen LogP contribution in [0.15, 0.2) is 42.0 Å². The Kier molecular flexibility index (Phi) is 4.17. The molecule has 1 aromatic rings. The van der Waals surface area contributed by atoms with Gasteiger partial charge in [0.1, 0.15) is 0 Å². The summed E-state index contributed by atoms with van der Waals surface area (Å²) >= 11 is 0. The van der Waals surface area contributed by atoms with Gasteiger partial charge in [-0.1, -0.05) is 42.0 Å². The predicted octanol–water partition coefficient (Wildman–Crippen LogP) is 3.67. The third kappa shape index (κ3) is 3.21. The zero-order valence-corrected chi connectivity index (χ0v) is 10.1. The van der Waals surface area contributed by atoms with E-state index in [-0.39, 0.29) is 0 Å². The van der Waals surface area contributed by atoms with Gasteiger partial charge in [0.05, 0.1) is 0 Å². The summed E-state index contributed by atoms with van der Waals surface area (Å²) in [4.78, 5) is 0. The highest BCUT2D eigenvalue weighted by atomic mass is 14.9. The summed E-state index contributed by atoms with van der Waals surface area (Å²) in [5.74, 6) is 0. The van der Waals surface area contributed by atoms with Crippen LogP contribution in [0, 0.1) is 0 Å². The van der Waals surface area contributed by atoms with Gasteiger partial charge in [-0.3, -0.25) is 0 Å². The maximum Gasteiger partial charge on any atom is 0.0254 e. The highest BCUT2D eigenvalue weighted by molar-refractivity contribution is 5.16. The summed E-state index contributed by atoms with van der Waals surface area (Å²) in [5.41, 5.74) is 2.97. The number of allylic oxidation sites excluding steroid dienone is 1. The molecule has 1 heteroatoms. The van der Waals surface area contributed by atoms with E-state index >= 15 is 0 Å². The van der Waals surface area contributed by atoms with Crippen LogP contribution in [-0.2, 0) is 6.54 Å². The second-order valence-electron chi connectivity index (χ2n) is 4.61. The first-order valence-corrected chi connectivity index (χ1v) is 6.32. The van der Waals surface area contributed by atoms with E-state index < -0.39 is 0 Å². The van der Waals surface area contributed by atoms with Crippen LogP contribution in [-0.4, -0.2) is 6.04 Å². The van der Waals surface area contributed by atoms with Gasteiger partial charge in [-0.2, -0.15) is 0 Å². The molecule has 1 unspecified atom stereocenters. The van der Waals surface area contributed by atoms with E-state index in [4.69, 9.17) is 0 Å². The first-order chi connectivity index (χ1) is 7.86. The van der Waals surface area contributed by atoms with E-state index in [1.165, 1.54) is 31.2 Å². The van der Waals surface area contributed by atoms with Crippen molar-refractivity contribution in [2.45, 2.75) is 45.2 Å². The highest BCUT2D eigenvalue weighted by Gasteiger charge is 2.10. The van der Waals surface area contributed by atoms with Gasteiger partial charge < -0.3 is 5.32 Å². The standard InChI is InChI=1S/C15H21N/c1-13(15-10-6-3-7-11-15)16-12-14-8-4-2-5-9-14/h2,4-5,8-10,13,16H,3,6-7,11-12H2,1H3. The molecule has 0 saturated heterocycles. The lowest BCUT2D eigenvalue weighted by Gasteiger charge is -2.20. The van der Waals surface area contributed by atoms with Crippen LogP contribution in [0.2, 0.25) is 0 Å². The Morgan fingerprint density at radius 2 is 2.00 bits per heavy atom. The largest absolute Gasteiger partial charge is 0.306 e. The first-order valence-electron chi connectivity index (χ1n) is 6.32. The molecule has 0 bridgehead atoms. The average molecular weight is 215 g/mol. The van der Waals surface area contributed by atoms with Crippen LogP contribution in [0.4, 0.5) is 0 Å². The molecular formula is C15H21N. The van der Waals surface area contributed by atoms with Crippen molar-refractivity contribution in [3.63, 3.8) is 0 Å². The summed E-state index contributed by atoms with van der Waals surface area (Å²) < 4.78 is 0. The minimum atomic E-state index is 0.528. The van der Waals surface area contributed by atoms with E-state index in [1.54, 1.807) is 5.57 Å². The maximum absolute atomic E-state index is 3.60. The minimum Gasteiger partial charge on any atom is -0.306 e.